The zero-order chi connectivity index (χ0) is 48.2. The number of carbonyl (C=O) groups excluding carboxylic acids is 5. The molecule has 1 fully saturated rings. The number of hydrogen-bond donors (Lipinski definition) is 5. The van der Waals surface area contributed by atoms with E-state index in [0.717, 1.165) is 71.2 Å². The molecule has 1 aliphatic heterocycles. The topological polar surface area (TPSA) is 170 Å². The molecular formula is C51H97N7O7. The molecule has 2 atom stereocenters. The number of nitrogens with zero attached hydrogens (tertiary/aromatic N) is 2. The van der Waals surface area contributed by atoms with E-state index in [0.29, 0.717) is 64.6 Å². The van der Waals surface area contributed by atoms with E-state index in [4.69, 9.17) is 9.47 Å². The van der Waals surface area contributed by atoms with Gasteiger partial charge in [-0.05, 0) is 138 Å². The van der Waals surface area contributed by atoms with Crippen LogP contribution in [0, 0.1) is 0 Å². The Labute approximate surface area is 396 Å². The van der Waals surface area contributed by atoms with Crippen LogP contribution in [0.1, 0.15) is 203 Å². The molecule has 5 amide bonds. The minimum atomic E-state index is -0.828. The zero-order valence-electron chi connectivity index (χ0n) is 42.7. The Hall–Kier alpha value is -3.39. The Balaban J connectivity index is 2.62. The highest BCUT2D eigenvalue weighted by Gasteiger charge is 2.25. The molecule has 378 valence electrons. The molecule has 0 aliphatic carbocycles. The van der Waals surface area contributed by atoms with E-state index in [1.165, 1.54) is 70.8 Å². The van der Waals surface area contributed by atoms with Gasteiger partial charge in [0.1, 0.15) is 23.3 Å². The number of amides is 5. The van der Waals surface area contributed by atoms with E-state index in [1.807, 2.05) is 0 Å². The fourth-order valence-corrected chi connectivity index (χ4v) is 7.65. The molecule has 1 aliphatic rings. The van der Waals surface area contributed by atoms with Crippen molar-refractivity contribution in [2.45, 2.75) is 226 Å². The van der Waals surface area contributed by atoms with Crippen molar-refractivity contribution in [2.75, 3.05) is 58.9 Å². The first-order valence-corrected chi connectivity index (χ1v) is 25.9. The Morgan fingerprint density at radius 2 is 0.923 bits per heavy atom. The molecule has 2 unspecified atom stereocenters. The summed E-state index contributed by atoms with van der Waals surface area (Å²) in [6.45, 7) is 22.8. The first-order valence-electron chi connectivity index (χ1n) is 25.9. The number of rotatable bonds is 36. The molecule has 1 saturated heterocycles. The molecular weight excluding hydrogens is 823 g/mol. The van der Waals surface area contributed by atoms with Crippen LogP contribution in [-0.4, -0.2) is 122 Å². The molecule has 0 aromatic rings. The van der Waals surface area contributed by atoms with Gasteiger partial charge in [0.25, 0.3) is 0 Å². The van der Waals surface area contributed by atoms with Gasteiger partial charge in [0.2, 0.25) is 17.7 Å². The monoisotopic (exact) mass is 920 g/mol. The van der Waals surface area contributed by atoms with Crippen LogP contribution >= 0.6 is 0 Å². The summed E-state index contributed by atoms with van der Waals surface area (Å²) in [5, 5.41) is 14.5. The number of allylic oxidation sites excluding steroid dienone is 2. The van der Waals surface area contributed by atoms with Crippen LogP contribution in [-0.2, 0) is 23.9 Å². The number of nitrogens with one attached hydrogen (secondary N) is 5. The molecule has 65 heavy (non-hydrogen) atoms. The second kappa shape index (κ2) is 36.7. The maximum atomic E-state index is 13.5. The van der Waals surface area contributed by atoms with Crippen molar-refractivity contribution in [3.63, 3.8) is 0 Å². The number of carbonyl (C=O) groups is 5. The van der Waals surface area contributed by atoms with Crippen LogP contribution in [0.15, 0.2) is 12.2 Å². The summed E-state index contributed by atoms with van der Waals surface area (Å²) in [5.74, 6) is -0.602. The maximum Gasteiger partial charge on any atom is 0.408 e. The summed E-state index contributed by atoms with van der Waals surface area (Å²) in [4.78, 5) is 69.6. The number of alkyl carbamates (subject to hydrolysis) is 2. The normalized spacial score (nSPS) is 14.7. The Morgan fingerprint density at radius 1 is 0.492 bits per heavy atom. The molecule has 1 rings (SSSR count). The smallest absolute Gasteiger partial charge is 0.408 e. The summed E-state index contributed by atoms with van der Waals surface area (Å²) in [5.41, 5.74) is -1.33. The first kappa shape index (κ1) is 59.6. The van der Waals surface area contributed by atoms with Crippen molar-refractivity contribution < 1.29 is 33.4 Å². The fraction of sp³-hybridized carbons (Fsp3) is 0.863. The Kier molecular flexibility index (Phi) is 33.7. The maximum absolute atomic E-state index is 13.5. The van der Waals surface area contributed by atoms with E-state index in [9.17, 15) is 24.0 Å². The molecule has 5 N–H and O–H groups in total. The molecule has 0 radical (unpaired) electrons. The second-order valence-electron chi connectivity index (χ2n) is 20.0. The molecule has 0 aromatic carbocycles. The molecule has 0 aromatic heterocycles. The predicted molar refractivity (Wildman–Crippen MR) is 265 cm³/mol. The minimum absolute atomic E-state index is 0.102. The molecule has 0 saturated carbocycles. The van der Waals surface area contributed by atoms with Gasteiger partial charge in [-0.3, -0.25) is 14.4 Å². The highest BCUT2D eigenvalue weighted by molar-refractivity contribution is 5.87. The quantitative estimate of drug-likeness (QED) is 0.0304. The first-order chi connectivity index (χ1) is 31.0. The zero-order valence-corrected chi connectivity index (χ0v) is 42.7. The molecule has 0 bridgehead atoms. The van der Waals surface area contributed by atoms with Gasteiger partial charge >= 0.3 is 12.2 Å². The van der Waals surface area contributed by atoms with Crippen LogP contribution in [0.4, 0.5) is 9.59 Å². The van der Waals surface area contributed by atoms with Gasteiger partial charge in [-0.25, -0.2) is 9.59 Å². The summed E-state index contributed by atoms with van der Waals surface area (Å²) in [6.07, 6.45) is 25.8. The summed E-state index contributed by atoms with van der Waals surface area (Å²) in [6, 6.07) is -1.48. The van der Waals surface area contributed by atoms with Crippen molar-refractivity contribution >= 4 is 29.9 Å². The highest BCUT2D eigenvalue weighted by Crippen LogP contribution is 2.13. The van der Waals surface area contributed by atoms with E-state index >= 15 is 0 Å². The summed E-state index contributed by atoms with van der Waals surface area (Å²) in [7, 11) is 0. The molecule has 14 nitrogen and oxygen atoms in total. The van der Waals surface area contributed by atoms with Crippen LogP contribution in [0.5, 0.6) is 0 Å². The molecule has 0 spiro atoms. The standard InChI is InChI=1S/C51H97N7O7/c1-9-11-13-14-15-16-17-18-19-20-21-22-23-24-25-33-45(59)55-43(46(60)53-36-30-38-58-41-39-57(40-42-58)37-12-10-2)31-26-28-34-52-47(61)44(56-49(63)65-51(6,7)8)32-27-29-35-54-48(62)64-50(3,4)5/h18-19,43-44H,9-17,20-42H2,1-8H3,(H,52,61)(H,53,60)(H,54,62)(H,55,59)(H,56,63). The van der Waals surface area contributed by atoms with Gasteiger partial charge in [-0.1, -0.05) is 83.8 Å². The van der Waals surface area contributed by atoms with E-state index in [2.05, 4.69) is 62.4 Å². The molecule has 14 heteroatoms. The Morgan fingerprint density at radius 3 is 1.45 bits per heavy atom. The van der Waals surface area contributed by atoms with Gasteiger partial charge in [-0.2, -0.15) is 0 Å². The number of hydrogen-bond acceptors (Lipinski definition) is 9. The third-order valence-electron chi connectivity index (χ3n) is 11.4. The van der Waals surface area contributed by atoms with Gasteiger partial charge in [0.05, 0.1) is 0 Å². The van der Waals surface area contributed by atoms with E-state index < -0.39 is 35.5 Å². The number of ether oxygens (including phenoxy) is 2. The van der Waals surface area contributed by atoms with Crippen LogP contribution in [0.2, 0.25) is 0 Å². The van der Waals surface area contributed by atoms with Gasteiger partial charge < -0.3 is 45.9 Å². The third-order valence-corrected chi connectivity index (χ3v) is 11.4. The van der Waals surface area contributed by atoms with E-state index in [1.54, 1.807) is 41.5 Å². The average Bonchev–Trinajstić information content (AvgIpc) is 3.23. The lowest BCUT2D eigenvalue weighted by atomic mass is 10.1. The predicted octanol–water partition coefficient (Wildman–Crippen LogP) is 9.31. The fourth-order valence-electron chi connectivity index (χ4n) is 7.65. The lowest BCUT2D eigenvalue weighted by Gasteiger charge is -2.34. The SMILES string of the molecule is CCCCCCCCC=CCCCCCCCC(=O)NC(CCCCNC(=O)C(CCCCNC(=O)OC(C)(C)C)NC(=O)OC(C)(C)C)C(=O)NCCCN1CCN(CCCC)CC1. The van der Waals surface area contributed by atoms with Crippen molar-refractivity contribution in [1.82, 2.24) is 36.4 Å². The van der Waals surface area contributed by atoms with E-state index in [-0.39, 0.29) is 17.7 Å². The van der Waals surface area contributed by atoms with Gasteiger partial charge in [0, 0.05) is 52.2 Å². The largest absolute Gasteiger partial charge is 0.444 e. The van der Waals surface area contributed by atoms with Crippen LogP contribution in [0.3, 0.4) is 0 Å². The average molecular weight is 920 g/mol. The van der Waals surface area contributed by atoms with Gasteiger partial charge in [-0.15, -0.1) is 0 Å². The van der Waals surface area contributed by atoms with Crippen molar-refractivity contribution in [2.24, 2.45) is 0 Å². The lowest BCUT2D eigenvalue weighted by Crippen LogP contribution is -2.49. The lowest BCUT2D eigenvalue weighted by molar-refractivity contribution is -0.129. The third kappa shape index (κ3) is 35.5. The van der Waals surface area contributed by atoms with Crippen molar-refractivity contribution in [1.29, 1.82) is 0 Å². The summed E-state index contributed by atoms with van der Waals surface area (Å²) < 4.78 is 10.7. The van der Waals surface area contributed by atoms with Crippen molar-refractivity contribution in [3.05, 3.63) is 12.2 Å². The molecule has 1 heterocycles. The van der Waals surface area contributed by atoms with Crippen LogP contribution in [0.25, 0.3) is 0 Å². The van der Waals surface area contributed by atoms with Gasteiger partial charge in [0.15, 0.2) is 0 Å². The minimum Gasteiger partial charge on any atom is -0.444 e. The summed E-state index contributed by atoms with van der Waals surface area (Å²) >= 11 is 0. The second-order valence-corrected chi connectivity index (χ2v) is 20.0. The van der Waals surface area contributed by atoms with Crippen LogP contribution < -0.4 is 26.6 Å². The number of unbranched alkanes of at least 4 members (excludes halogenated alkanes) is 14. The van der Waals surface area contributed by atoms with Crippen molar-refractivity contribution in [3.8, 4) is 0 Å². The highest BCUT2D eigenvalue weighted by atomic mass is 16.6. The Bertz CT molecular complexity index is 1310. The number of piperazine rings is 1.